The Hall–Kier alpha value is -0.900. The van der Waals surface area contributed by atoms with Crippen molar-refractivity contribution in [2.45, 2.75) is 24.6 Å². The van der Waals surface area contributed by atoms with Gasteiger partial charge in [-0.15, -0.1) is 0 Å². The molecule has 0 aromatic carbocycles. The molecule has 86 valence electrons. The first-order valence-corrected chi connectivity index (χ1v) is 6.41. The van der Waals surface area contributed by atoms with Crippen LogP contribution < -0.4 is 0 Å². The fourth-order valence-corrected chi connectivity index (χ4v) is 2.55. The number of halogens is 1. The van der Waals surface area contributed by atoms with Crippen molar-refractivity contribution in [1.29, 1.82) is 0 Å². The molecule has 1 aliphatic rings. The number of aromatic nitrogens is 1. The molecule has 1 aliphatic heterocycles. The van der Waals surface area contributed by atoms with Crippen molar-refractivity contribution in [3.05, 3.63) is 29.6 Å². The van der Waals surface area contributed by atoms with Crippen molar-refractivity contribution < 1.29 is 4.79 Å². The molecule has 0 aliphatic carbocycles. The molecular formula is C12H15BrN2O. The summed E-state index contributed by atoms with van der Waals surface area (Å²) >= 11 is 3.48. The van der Waals surface area contributed by atoms with Crippen molar-refractivity contribution in [3.8, 4) is 0 Å². The van der Waals surface area contributed by atoms with Crippen LogP contribution in [0.2, 0.25) is 0 Å². The minimum atomic E-state index is 0.245. The van der Waals surface area contributed by atoms with Gasteiger partial charge in [0, 0.05) is 42.1 Å². The third kappa shape index (κ3) is 2.82. The Bertz CT molecular complexity index is 394. The minimum Gasteiger partial charge on any atom is -0.341 e. The van der Waals surface area contributed by atoms with Crippen LogP contribution in [0.3, 0.4) is 0 Å². The summed E-state index contributed by atoms with van der Waals surface area (Å²) in [6, 6.07) is 6.01. The van der Waals surface area contributed by atoms with Crippen molar-refractivity contribution in [2.75, 3.05) is 13.1 Å². The van der Waals surface area contributed by atoms with Crippen LogP contribution in [-0.2, 0) is 11.2 Å². The monoisotopic (exact) mass is 282 g/mol. The molecule has 1 fully saturated rings. The van der Waals surface area contributed by atoms with Crippen LogP contribution in [0.5, 0.6) is 0 Å². The van der Waals surface area contributed by atoms with Crippen LogP contribution in [0.1, 0.15) is 17.8 Å². The number of amides is 1. The number of aryl methyl sites for hydroxylation is 1. The van der Waals surface area contributed by atoms with Gasteiger partial charge in [0.1, 0.15) is 0 Å². The van der Waals surface area contributed by atoms with Gasteiger partial charge in [0.2, 0.25) is 5.91 Å². The van der Waals surface area contributed by atoms with E-state index in [1.807, 2.05) is 30.0 Å². The van der Waals surface area contributed by atoms with Gasteiger partial charge < -0.3 is 4.90 Å². The van der Waals surface area contributed by atoms with E-state index in [4.69, 9.17) is 0 Å². The van der Waals surface area contributed by atoms with Gasteiger partial charge in [0.05, 0.1) is 0 Å². The second-order valence-corrected chi connectivity index (χ2v) is 5.46. The SMILES string of the molecule is Cc1cccc(CCN2CC(Br)CC2=O)n1. The molecule has 1 atom stereocenters. The van der Waals surface area contributed by atoms with Gasteiger partial charge in [0.25, 0.3) is 0 Å². The summed E-state index contributed by atoms with van der Waals surface area (Å²) in [5.41, 5.74) is 2.09. The highest BCUT2D eigenvalue weighted by molar-refractivity contribution is 9.09. The van der Waals surface area contributed by atoms with Crippen LogP contribution in [0.15, 0.2) is 18.2 Å². The Morgan fingerprint density at radius 1 is 1.56 bits per heavy atom. The van der Waals surface area contributed by atoms with E-state index in [2.05, 4.69) is 20.9 Å². The molecule has 1 amide bonds. The third-order valence-corrected chi connectivity index (χ3v) is 3.36. The maximum atomic E-state index is 11.5. The highest BCUT2D eigenvalue weighted by Crippen LogP contribution is 2.18. The molecule has 0 bridgehead atoms. The topological polar surface area (TPSA) is 33.2 Å². The first-order chi connectivity index (χ1) is 7.65. The van der Waals surface area contributed by atoms with Crippen LogP contribution in [0, 0.1) is 6.92 Å². The average molecular weight is 283 g/mol. The summed E-state index contributed by atoms with van der Waals surface area (Å²) in [6.45, 7) is 3.58. The fourth-order valence-electron chi connectivity index (χ4n) is 1.93. The number of hydrogen-bond donors (Lipinski definition) is 0. The van der Waals surface area contributed by atoms with Crippen LogP contribution in [0.4, 0.5) is 0 Å². The Morgan fingerprint density at radius 3 is 3.00 bits per heavy atom. The standard InChI is InChI=1S/C12H15BrN2O/c1-9-3-2-4-11(14-9)5-6-15-8-10(13)7-12(15)16/h2-4,10H,5-8H2,1H3. The lowest BCUT2D eigenvalue weighted by Gasteiger charge is -2.15. The summed E-state index contributed by atoms with van der Waals surface area (Å²) in [7, 11) is 0. The van der Waals surface area contributed by atoms with Crippen molar-refractivity contribution in [3.63, 3.8) is 0 Å². The Balaban J connectivity index is 1.90. The second-order valence-electron chi connectivity index (χ2n) is 4.16. The zero-order chi connectivity index (χ0) is 11.5. The lowest BCUT2D eigenvalue weighted by atomic mass is 10.2. The highest BCUT2D eigenvalue weighted by atomic mass is 79.9. The number of rotatable bonds is 3. The molecule has 1 unspecified atom stereocenters. The zero-order valence-electron chi connectivity index (χ0n) is 9.32. The number of hydrogen-bond acceptors (Lipinski definition) is 2. The van der Waals surface area contributed by atoms with E-state index in [0.717, 1.165) is 30.9 Å². The Kier molecular flexibility index (Phi) is 3.59. The lowest BCUT2D eigenvalue weighted by molar-refractivity contribution is -0.127. The first-order valence-electron chi connectivity index (χ1n) is 5.49. The van der Waals surface area contributed by atoms with Gasteiger partial charge >= 0.3 is 0 Å². The summed E-state index contributed by atoms with van der Waals surface area (Å²) in [5.74, 6) is 0.245. The van der Waals surface area contributed by atoms with Gasteiger partial charge in [-0.1, -0.05) is 22.0 Å². The molecule has 3 nitrogen and oxygen atoms in total. The van der Waals surface area contributed by atoms with E-state index in [1.165, 1.54) is 0 Å². The predicted molar refractivity (Wildman–Crippen MR) is 66.6 cm³/mol. The maximum Gasteiger partial charge on any atom is 0.223 e. The number of nitrogens with zero attached hydrogens (tertiary/aromatic N) is 2. The van der Waals surface area contributed by atoms with Gasteiger partial charge in [-0.05, 0) is 19.1 Å². The number of carbonyl (C=O) groups excluding carboxylic acids is 1. The molecule has 0 spiro atoms. The lowest BCUT2D eigenvalue weighted by Crippen LogP contribution is -2.27. The van der Waals surface area contributed by atoms with Crippen LogP contribution in [0.25, 0.3) is 0 Å². The molecule has 1 aromatic rings. The number of pyridine rings is 1. The molecule has 4 heteroatoms. The highest BCUT2D eigenvalue weighted by Gasteiger charge is 2.26. The average Bonchev–Trinajstić information content (AvgIpc) is 2.54. The van der Waals surface area contributed by atoms with Crippen molar-refractivity contribution in [2.24, 2.45) is 0 Å². The predicted octanol–water partition coefficient (Wildman–Crippen LogP) is 1.93. The number of alkyl halides is 1. The van der Waals surface area contributed by atoms with Crippen molar-refractivity contribution >= 4 is 21.8 Å². The zero-order valence-corrected chi connectivity index (χ0v) is 10.9. The maximum absolute atomic E-state index is 11.5. The number of likely N-dealkylation sites (tertiary alicyclic amines) is 1. The van der Waals surface area contributed by atoms with Gasteiger partial charge in [-0.25, -0.2) is 0 Å². The second kappa shape index (κ2) is 4.95. The van der Waals surface area contributed by atoms with Gasteiger partial charge in [0.15, 0.2) is 0 Å². The molecular weight excluding hydrogens is 268 g/mol. The summed E-state index contributed by atoms with van der Waals surface area (Å²) < 4.78 is 0. The fraction of sp³-hybridized carbons (Fsp3) is 0.500. The molecule has 2 rings (SSSR count). The molecule has 0 N–H and O–H groups in total. The molecule has 0 saturated carbocycles. The molecule has 1 saturated heterocycles. The molecule has 0 radical (unpaired) electrons. The number of carbonyl (C=O) groups is 1. The summed E-state index contributed by atoms with van der Waals surface area (Å²) in [6.07, 6.45) is 1.47. The molecule has 1 aromatic heterocycles. The van der Waals surface area contributed by atoms with Gasteiger partial charge in [-0.2, -0.15) is 0 Å². The van der Waals surface area contributed by atoms with E-state index in [0.29, 0.717) is 11.2 Å². The first kappa shape index (κ1) is 11.6. The smallest absolute Gasteiger partial charge is 0.223 e. The van der Waals surface area contributed by atoms with E-state index in [-0.39, 0.29) is 5.91 Å². The Morgan fingerprint density at radius 2 is 2.38 bits per heavy atom. The van der Waals surface area contributed by atoms with Crippen LogP contribution >= 0.6 is 15.9 Å². The van der Waals surface area contributed by atoms with E-state index < -0.39 is 0 Å². The van der Waals surface area contributed by atoms with Crippen molar-refractivity contribution in [1.82, 2.24) is 9.88 Å². The molecule has 2 heterocycles. The summed E-state index contributed by atoms with van der Waals surface area (Å²) in [4.78, 5) is 18.2. The quantitative estimate of drug-likeness (QED) is 0.794. The summed E-state index contributed by atoms with van der Waals surface area (Å²) in [5, 5.41) is 0. The third-order valence-electron chi connectivity index (χ3n) is 2.75. The minimum absolute atomic E-state index is 0.245. The largest absolute Gasteiger partial charge is 0.341 e. The van der Waals surface area contributed by atoms with Crippen LogP contribution in [-0.4, -0.2) is 33.7 Å². The van der Waals surface area contributed by atoms with E-state index in [1.54, 1.807) is 0 Å². The van der Waals surface area contributed by atoms with E-state index in [9.17, 15) is 4.79 Å². The normalized spacial score (nSPS) is 20.5. The van der Waals surface area contributed by atoms with E-state index >= 15 is 0 Å². The molecule has 16 heavy (non-hydrogen) atoms. The Labute approximate surface area is 104 Å². The van der Waals surface area contributed by atoms with Gasteiger partial charge in [-0.3, -0.25) is 9.78 Å².